The van der Waals surface area contributed by atoms with Crippen molar-refractivity contribution in [2.24, 2.45) is 0 Å². The highest BCUT2D eigenvalue weighted by Crippen LogP contribution is 2.05. The van der Waals surface area contributed by atoms with Crippen molar-refractivity contribution in [3.63, 3.8) is 0 Å². The number of carbonyl (C=O) groups is 2. The van der Waals surface area contributed by atoms with Gasteiger partial charge in [-0.05, 0) is 12.5 Å². The number of esters is 1. The molecule has 1 rings (SSSR count). The molecule has 0 saturated carbocycles. The molecule has 0 unspecified atom stereocenters. The first kappa shape index (κ1) is 14.0. The van der Waals surface area contributed by atoms with E-state index >= 15 is 0 Å². The zero-order valence-electron chi connectivity index (χ0n) is 10.3. The number of hydrogen-bond acceptors (Lipinski definition) is 4. The first-order valence-corrected chi connectivity index (χ1v) is 5.47. The molecule has 0 spiro atoms. The fraction of sp³-hybridized carbons (Fsp3) is 0.364. The fourth-order valence-corrected chi connectivity index (χ4v) is 1.22. The lowest BCUT2D eigenvalue weighted by Crippen LogP contribution is -2.30. The van der Waals surface area contributed by atoms with Gasteiger partial charge in [0.1, 0.15) is 13.7 Å². The average molecular weight is 247 g/mol. The Morgan fingerprint density at radius 3 is 2.83 bits per heavy atom. The van der Waals surface area contributed by atoms with Gasteiger partial charge in [0.25, 0.3) is 0 Å². The van der Waals surface area contributed by atoms with Crippen LogP contribution in [0.4, 0.5) is 10.6 Å². The van der Waals surface area contributed by atoms with Gasteiger partial charge in [-0.2, -0.15) is 0 Å². The molecule has 2 radical (unpaired) electrons. The standard InChI is InChI=1S/C11H14BN3O3/c1-3-4-13-11(17)15-9-5-7(10(16)18-2)8(12)6-14-9/h5-6H,3-4H2,1-2H3,(H2,13,14,15,17). The van der Waals surface area contributed by atoms with Gasteiger partial charge in [-0.3, -0.25) is 5.32 Å². The van der Waals surface area contributed by atoms with Gasteiger partial charge in [0.15, 0.2) is 0 Å². The van der Waals surface area contributed by atoms with Crippen LogP contribution in [0.1, 0.15) is 23.7 Å². The molecular weight excluding hydrogens is 233 g/mol. The van der Waals surface area contributed by atoms with E-state index in [1.807, 2.05) is 6.92 Å². The second-order valence-electron chi connectivity index (χ2n) is 3.53. The quantitative estimate of drug-likeness (QED) is 0.588. The Hall–Kier alpha value is -2.05. The molecule has 94 valence electrons. The van der Waals surface area contributed by atoms with Crippen molar-refractivity contribution in [2.45, 2.75) is 13.3 Å². The van der Waals surface area contributed by atoms with Crippen LogP contribution in [0.3, 0.4) is 0 Å². The van der Waals surface area contributed by atoms with Crippen LogP contribution in [0.5, 0.6) is 0 Å². The van der Waals surface area contributed by atoms with Crippen molar-refractivity contribution in [2.75, 3.05) is 19.0 Å². The van der Waals surface area contributed by atoms with E-state index < -0.39 is 5.97 Å². The number of anilines is 1. The number of pyridine rings is 1. The maximum Gasteiger partial charge on any atom is 0.337 e. The van der Waals surface area contributed by atoms with Crippen molar-refractivity contribution in [1.29, 1.82) is 0 Å². The molecule has 0 aromatic carbocycles. The predicted octanol–water partition coefficient (Wildman–Crippen LogP) is 0.193. The number of hydrogen-bond donors (Lipinski definition) is 2. The Morgan fingerprint density at radius 2 is 2.22 bits per heavy atom. The molecule has 1 heterocycles. The smallest absolute Gasteiger partial charge is 0.337 e. The minimum absolute atomic E-state index is 0.165. The largest absolute Gasteiger partial charge is 0.465 e. The molecular formula is C11H14BN3O3. The normalized spacial score (nSPS) is 9.67. The summed E-state index contributed by atoms with van der Waals surface area (Å²) < 4.78 is 4.57. The van der Waals surface area contributed by atoms with Gasteiger partial charge in [-0.25, -0.2) is 14.6 Å². The molecule has 18 heavy (non-hydrogen) atoms. The molecule has 0 aliphatic rings. The number of aromatic nitrogens is 1. The third-order valence-electron chi connectivity index (χ3n) is 2.12. The summed E-state index contributed by atoms with van der Waals surface area (Å²) in [5.41, 5.74) is 0.361. The Kier molecular flexibility index (Phi) is 5.16. The number of methoxy groups -OCH3 is 1. The van der Waals surface area contributed by atoms with Gasteiger partial charge in [0.2, 0.25) is 0 Å². The highest BCUT2D eigenvalue weighted by Gasteiger charge is 2.11. The van der Waals surface area contributed by atoms with Crippen molar-refractivity contribution < 1.29 is 14.3 Å². The molecule has 0 aliphatic carbocycles. The summed E-state index contributed by atoms with van der Waals surface area (Å²) in [5.74, 6) is -0.342. The van der Waals surface area contributed by atoms with Crippen LogP contribution in [0.25, 0.3) is 0 Å². The van der Waals surface area contributed by atoms with E-state index in [4.69, 9.17) is 7.85 Å². The summed E-state index contributed by atoms with van der Waals surface area (Å²) in [6.45, 7) is 2.50. The Balaban J connectivity index is 2.79. The summed E-state index contributed by atoms with van der Waals surface area (Å²) in [4.78, 5) is 26.7. The highest BCUT2D eigenvalue weighted by molar-refractivity contribution is 6.36. The lowest BCUT2D eigenvalue weighted by molar-refractivity contribution is 0.0602. The van der Waals surface area contributed by atoms with Gasteiger partial charge < -0.3 is 10.1 Å². The monoisotopic (exact) mass is 247 g/mol. The second kappa shape index (κ2) is 6.63. The van der Waals surface area contributed by atoms with Gasteiger partial charge in [-0.1, -0.05) is 12.4 Å². The minimum Gasteiger partial charge on any atom is -0.465 e. The molecule has 0 saturated heterocycles. The van der Waals surface area contributed by atoms with Crippen LogP contribution in [0.15, 0.2) is 12.3 Å². The number of urea groups is 1. The zero-order valence-corrected chi connectivity index (χ0v) is 10.3. The maximum absolute atomic E-state index is 11.4. The van der Waals surface area contributed by atoms with Gasteiger partial charge in [-0.15, -0.1) is 0 Å². The van der Waals surface area contributed by atoms with Crippen LogP contribution >= 0.6 is 0 Å². The summed E-state index contributed by atoms with van der Waals surface area (Å²) >= 11 is 0. The van der Waals surface area contributed by atoms with E-state index in [2.05, 4.69) is 20.4 Å². The van der Waals surface area contributed by atoms with Crippen molar-refractivity contribution >= 4 is 31.1 Å². The summed E-state index contributed by atoms with van der Waals surface area (Å²) in [6, 6.07) is 0.983. The lowest BCUT2D eigenvalue weighted by Gasteiger charge is -2.08. The first-order chi connectivity index (χ1) is 8.58. The third-order valence-corrected chi connectivity index (χ3v) is 2.12. The van der Waals surface area contributed by atoms with Gasteiger partial charge >= 0.3 is 12.0 Å². The van der Waals surface area contributed by atoms with Crippen LogP contribution in [-0.2, 0) is 4.74 Å². The van der Waals surface area contributed by atoms with Crippen LogP contribution < -0.4 is 16.1 Å². The van der Waals surface area contributed by atoms with Crippen LogP contribution in [0.2, 0.25) is 0 Å². The Morgan fingerprint density at radius 1 is 1.50 bits per heavy atom. The molecule has 0 atom stereocenters. The molecule has 1 aromatic rings. The summed E-state index contributed by atoms with van der Waals surface area (Å²) in [6.07, 6.45) is 2.12. The molecule has 0 bridgehead atoms. The van der Waals surface area contributed by atoms with Crippen molar-refractivity contribution in [3.05, 3.63) is 17.8 Å². The number of carbonyl (C=O) groups excluding carboxylic acids is 2. The average Bonchev–Trinajstić information content (AvgIpc) is 2.37. The van der Waals surface area contributed by atoms with E-state index in [9.17, 15) is 9.59 Å². The highest BCUT2D eigenvalue weighted by atomic mass is 16.5. The van der Waals surface area contributed by atoms with E-state index in [-0.39, 0.29) is 22.9 Å². The van der Waals surface area contributed by atoms with E-state index in [0.29, 0.717) is 6.54 Å². The minimum atomic E-state index is -0.577. The lowest BCUT2D eigenvalue weighted by atomic mass is 9.93. The summed E-state index contributed by atoms with van der Waals surface area (Å²) in [7, 11) is 6.84. The van der Waals surface area contributed by atoms with E-state index in [1.165, 1.54) is 19.4 Å². The van der Waals surface area contributed by atoms with Gasteiger partial charge in [0.05, 0.1) is 12.7 Å². The fourth-order valence-electron chi connectivity index (χ4n) is 1.22. The molecule has 1 aromatic heterocycles. The Labute approximate surface area is 107 Å². The van der Waals surface area contributed by atoms with Crippen molar-refractivity contribution in [1.82, 2.24) is 10.3 Å². The SMILES string of the molecule is [B]c1cnc(NC(=O)NCCC)cc1C(=O)OC. The molecule has 2 N–H and O–H groups in total. The summed E-state index contributed by atoms with van der Waals surface area (Å²) in [5, 5.41) is 5.12. The maximum atomic E-state index is 11.4. The van der Waals surface area contributed by atoms with Gasteiger partial charge in [0, 0.05) is 12.7 Å². The third kappa shape index (κ3) is 3.76. The first-order valence-electron chi connectivity index (χ1n) is 5.47. The number of amides is 2. The van der Waals surface area contributed by atoms with Crippen LogP contribution in [0, 0.1) is 0 Å². The predicted molar refractivity (Wildman–Crippen MR) is 68.3 cm³/mol. The molecule has 0 aliphatic heterocycles. The molecule has 2 amide bonds. The molecule has 7 heteroatoms. The van der Waals surface area contributed by atoms with E-state index in [0.717, 1.165) is 6.42 Å². The second-order valence-corrected chi connectivity index (χ2v) is 3.53. The van der Waals surface area contributed by atoms with Crippen molar-refractivity contribution in [3.8, 4) is 0 Å². The number of rotatable bonds is 4. The van der Waals surface area contributed by atoms with E-state index in [1.54, 1.807) is 0 Å². The molecule has 6 nitrogen and oxygen atoms in total. The molecule has 0 fully saturated rings. The number of nitrogens with one attached hydrogen (secondary N) is 2. The number of ether oxygens (including phenoxy) is 1. The number of nitrogens with zero attached hydrogens (tertiary/aromatic N) is 1. The van der Waals surface area contributed by atoms with Crippen LogP contribution in [-0.4, -0.2) is 38.5 Å². The topological polar surface area (TPSA) is 80.3 Å². The zero-order chi connectivity index (χ0) is 13.5. The Bertz CT molecular complexity index is 451.